The van der Waals surface area contributed by atoms with Crippen molar-refractivity contribution in [2.24, 2.45) is 11.8 Å². The molecule has 2 aromatic heterocycles. The number of rotatable bonds is 9. The molecule has 194 valence electrons. The molecular formula is C28H36N8S. The van der Waals surface area contributed by atoms with Crippen LogP contribution in [0.2, 0.25) is 0 Å². The molecule has 6 rings (SSSR count). The van der Waals surface area contributed by atoms with Gasteiger partial charge in [-0.1, -0.05) is 86.9 Å². The Morgan fingerprint density at radius 2 is 1.84 bits per heavy atom. The van der Waals surface area contributed by atoms with Crippen LogP contribution < -0.4 is 10.6 Å². The van der Waals surface area contributed by atoms with Crippen molar-refractivity contribution in [1.82, 2.24) is 36.1 Å². The Bertz CT molecular complexity index is 1250. The van der Waals surface area contributed by atoms with Gasteiger partial charge in [0.15, 0.2) is 0 Å². The Hall–Kier alpha value is -2.91. The molecule has 0 bridgehead atoms. The van der Waals surface area contributed by atoms with Gasteiger partial charge in [0.25, 0.3) is 0 Å². The lowest BCUT2D eigenvalue weighted by molar-refractivity contribution is 0.189. The van der Waals surface area contributed by atoms with Crippen molar-refractivity contribution < 1.29 is 0 Å². The molecule has 9 heteroatoms. The zero-order valence-corrected chi connectivity index (χ0v) is 22.5. The van der Waals surface area contributed by atoms with Crippen molar-refractivity contribution in [3.63, 3.8) is 0 Å². The fraction of sp³-hybridized carbons (Fsp3) is 0.536. The number of hydrogen-bond donors (Lipinski definition) is 3. The predicted octanol–water partition coefficient (Wildman–Crippen LogP) is 5.59. The number of benzene rings is 1. The van der Waals surface area contributed by atoms with Gasteiger partial charge < -0.3 is 10.6 Å². The van der Waals surface area contributed by atoms with Crippen LogP contribution in [0.3, 0.4) is 0 Å². The minimum absolute atomic E-state index is 0.0349. The van der Waals surface area contributed by atoms with E-state index in [9.17, 15) is 0 Å². The van der Waals surface area contributed by atoms with Crippen LogP contribution in [0, 0.1) is 11.8 Å². The van der Waals surface area contributed by atoms with Gasteiger partial charge in [0.05, 0.1) is 11.6 Å². The summed E-state index contributed by atoms with van der Waals surface area (Å²) in [5, 5.41) is 34.0. The van der Waals surface area contributed by atoms with Crippen molar-refractivity contribution in [1.29, 1.82) is 0 Å². The first kappa shape index (κ1) is 24.4. The molecule has 2 atom stereocenters. The average molecular weight is 517 g/mol. The standard InChI is InChI=1S/C28H36N8S/c1-18(2)17-29-28(21-8-4-3-5-9-21)15-14-20(22-10-6-7-11-23(22)25-31-35-36-32-25)16-24(28)30-27-34-33-26(37-27)19-12-13-19/h6-7,10-11,14-16,18-19,21,24,29H,3-5,8-9,12-13,17H2,1-2H3,(H,30,34)(H,31,32,35,36). The first-order chi connectivity index (χ1) is 18.1. The van der Waals surface area contributed by atoms with E-state index in [4.69, 9.17) is 0 Å². The van der Waals surface area contributed by atoms with Crippen LogP contribution in [0.15, 0.2) is 42.5 Å². The average Bonchev–Trinajstić information content (AvgIpc) is 3.42. The fourth-order valence-electron chi connectivity index (χ4n) is 5.84. The predicted molar refractivity (Wildman–Crippen MR) is 148 cm³/mol. The van der Waals surface area contributed by atoms with Gasteiger partial charge in [-0.15, -0.1) is 20.4 Å². The number of H-pyrrole nitrogens is 1. The molecule has 3 aromatic rings. The molecule has 0 aliphatic heterocycles. The summed E-state index contributed by atoms with van der Waals surface area (Å²) in [6, 6.07) is 8.33. The summed E-state index contributed by atoms with van der Waals surface area (Å²) in [7, 11) is 0. The van der Waals surface area contributed by atoms with Crippen LogP contribution >= 0.6 is 11.3 Å². The normalized spacial score (nSPS) is 24.4. The third kappa shape index (κ3) is 5.11. The van der Waals surface area contributed by atoms with Crippen molar-refractivity contribution >= 4 is 22.0 Å². The van der Waals surface area contributed by atoms with Gasteiger partial charge in [0.2, 0.25) is 11.0 Å². The van der Waals surface area contributed by atoms with Crippen molar-refractivity contribution in [3.8, 4) is 11.4 Å². The van der Waals surface area contributed by atoms with E-state index in [0.29, 0.717) is 23.6 Å². The third-order valence-electron chi connectivity index (χ3n) is 7.97. The minimum Gasteiger partial charge on any atom is -0.352 e. The van der Waals surface area contributed by atoms with Crippen molar-refractivity contribution in [2.75, 3.05) is 11.9 Å². The molecular weight excluding hydrogens is 480 g/mol. The molecule has 3 aliphatic rings. The maximum atomic E-state index is 4.58. The van der Waals surface area contributed by atoms with Gasteiger partial charge in [-0.3, -0.25) is 0 Å². The molecule has 0 saturated heterocycles. The molecule has 0 spiro atoms. The van der Waals surface area contributed by atoms with Gasteiger partial charge in [-0.05, 0) is 60.4 Å². The quantitative estimate of drug-likeness (QED) is 0.340. The molecule has 0 radical (unpaired) electrons. The molecule has 37 heavy (non-hydrogen) atoms. The van der Waals surface area contributed by atoms with Gasteiger partial charge in [0, 0.05) is 11.5 Å². The van der Waals surface area contributed by atoms with Gasteiger partial charge in [-0.25, -0.2) is 0 Å². The first-order valence-corrected chi connectivity index (χ1v) is 14.5. The maximum Gasteiger partial charge on any atom is 0.206 e. The van der Waals surface area contributed by atoms with E-state index >= 15 is 0 Å². The van der Waals surface area contributed by atoms with Crippen LogP contribution in [-0.4, -0.2) is 48.9 Å². The molecule has 2 saturated carbocycles. The molecule has 3 aliphatic carbocycles. The lowest BCUT2D eigenvalue weighted by atomic mass is 9.67. The van der Waals surface area contributed by atoms with Gasteiger partial charge in [-0.2, -0.15) is 5.21 Å². The summed E-state index contributed by atoms with van der Waals surface area (Å²) in [6.07, 6.45) is 16.0. The zero-order valence-electron chi connectivity index (χ0n) is 21.7. The second-order valence-electron chi connectivity index (χ2n) is 11.1. The number of aromatic amines is 1. The summed E-state index contributed by atoms with van der Waals surface area (Å²) < 4.78 is 0. The summed E-state index contributed by atoms with van der Waals surface area (Å²) >= 11 is 1.72. The molecule has 0 amide bonds. The Morgan fingerprint density at radius 1 is 1.03 bits per heavy atom. The molecule has 2 fully saturated rings. The van der Waals surface area contributed by atoms with E-state index in [-0.39, 0.29) is 11.6 Å². The minimum atomic E-state index is -0.194. The number of aromatic nitrogens is 6. The van der Waals surface area contributed by atoms with Crippen molar-refractivity contribution in [2.45, 2.75) is 76.3 Å². The zero-order chi connectivity index (χ0) is 25.2. The van der Waals surface area contributed by atoms with Crippen LogP contribution in [0.1, 0.15) is 75.3 Å². The number of nitrogens with zero attached hydrogens (tertiary/aromatic N) is 5. The van der Waals surface area contributed by atoms with Crippen LogP contribution in [0.25, 0.3) is 17.0 Å². The molecule has 2 heterocycles. The van der Waals surface area contributed by atoms with Crippen molar-refractivity contribution in [3.05, 3.63) is 53.1 Å². The summed E-state index contributed by atoms with van der Waals surface area (Å²) in [5.74, 6) is 2.32. The Labute approximate surface area is 222 Å². The van der Waals surface area contributed by atoms with Gasteiger partial charge >= 0.3 is 0 Å². The second-order valence-corrected chi connectivity index (χ2v) is 12.1. The molecule has 8 nitrogen and oxygen atoms in total. The van der Waals surface area contributed by atoms with Crippen LogP contribution in [0.5, 0.6) is 0 Å². The van der Waals surface area contributed by atoms with E-state index in [0.717, 1.165) is 28.4 Å². The Kier molecular flexibility index (Phi) is 6.90. The Morgan fingerprint density at radius 3 is 2.57 bits per heavy atom. The topological polar surface area (TPSA) is 104 Å². The number of hydrogen-bond acceptors (Lipinski definition) is 8. The fourth-order valence-corrected chi connectivity index (χ4v) is 6.79. The van der Waals surface area contributed by atoms with E-state index in [1.807, 2.05) is 6.07 Å². The first-order valence-electron chi connectivity index (χ1n) is 13.7. The smallest absolute Gasteiger partial charge is 0.206 e. The summed E-state index contributed by atoms with van der Waals surface area (Å²) in [6.45, 7) is 5.53. The second kappa shape index (κ2) is 10.5. The Balaban J connectivity index is 1.41. The molecule has 3 N–H and O–H groups in total. The molecule has 1 aromatic carbocycles. The van der Waals surface area contributed by atoms with E-state index < -0.39 is 0 Å². The van der Waals surface area contributed by atoms with Gasteiger partial charge in [0.1, 0.15) is 5.01 Å². The highest BCUT2D eigenvalue weighted by Crippen LogP contribution is 2.44. The number of allylic oxidation sites excluding steroid dienone is 2. The number of nitrogens with one attached hydrogen (secondary N) is 3. The number of anilines is 1. The highest BCUT2D eigenvalue weighted by Gasteiger charge is 2.45. The third-order valence-corrected chi connectivity index (χ3v) is 8.98. The molecule has 2 unspecified atom stereocenters. The van der Waals surface area contributed by atoms with Crippen LogP contribution in [0.4, 0.5) is 5.13 Å². The highest BCUT2D eigenvalue weighted by molar-refractivity contribution is 7.15. The highest BCUT2D eigenvalue weighted by atomic mass is 32.1. The number of tetrazole rings is 1. The lowest BCUT2D eigenvalue weighted by Gasteiger charge is -2.48. The maximum absolute atomic E-state index is 4.58. The van der Waals surface area contributed by atoms with E-state index in [2.05, 4.69) is 91.7 Å². The summed E-state index contributed by atoms with van der Waals surface area (Å²) in [5.41, 5.74) is 3.03. The SMILES string of the molecule is CC(C)CNC1(C2CCCCC2)C=CC(c2ccccc2-c2nn[nH]n2)=CC1Nc1nnc(C2CC2)s1. The monoisotopic (exact) mass is 516 g/mol. The summed E-state index contributed by atoms with van der Waals surface area (Å²) in [4.78, 5) is 0. The largest absolute Gasteiger partial charge is 0.352 e. The van der Waals surface area contributed by atoms with E-state index in [1.54, 1.807) is 11.3 Å². The lowest BCUT2D eigenvalue weighted by Crippen LogP contribution is -2.62. The van der Waals surface area contributed by atoms with E-state index in [1.165, 1.54) is 50.0 Å². The van der Waals surface area contributed by atoms with Crippen LogP contribution in [-0.2, 0) is 0 Å².